The SMILES string of the molecule is CCCNC(=O)[C@@H](c1ccccc1)N(Cc1ccc(F)cc1)C(=O)CCc1ccccc1. The van der Waals surface area contributed by atoms with E-state index >= 15 is 0 Å². The van der Waals surface area contributed by atoms with Crippen LogP contribution >= 0.6 is 0 Å². The lowest BCUT2D eigenvalue weighted by atomic mass is 10.0. The van der Waals surface area contributed by atoms with E-state index in [9.17, 15) is 14.0 Å². The molecule has 0 aliphatic rings. The summed E-state index contributed by atoms with van der Waals surface area (Å²) < 4.78 is 13.4. The van der Waals surface area contributed by atoms with E-state index in [-0.39, 0.29) is 30.6 Å². The number of nitrogens with zero attached hydrogens (tertiary/aromatic N) is 1. The third-order valence-corrected chi connectivity index (χ3v) is 5.28. The lowest BCUT2D eigenvalue weighted by Crippen LogP contribution is -2.43. The molecule has 1 atom stereocenters. The van der Waals surface area contributed by atoms with Gasteiger partial charge in [-0.3, -0.25) is 9.59 Å². The maximum Gasteiger partial charge on any atom is 0.247 e. The first kappa shape index (κ1) is 23.2. The molecule has 0 bridgehead atoms. The van der Waals surface area contributed by atoms with Crippen LogP contribution in [-0.2, 0) is 22.6 Å². The van der Waals surface area contributed by atoms with Crippen molar-refractivity contribution >= 4 is 11.8 Å². The number of hydrogen-bond acceptors (Lipinski definition) is 2. The second kappa shape index (κ2) is 11.8. The number of hydrogen-bond donors (Lipinski definition) is 1. The van der Waals surface area contributed by atoms with Crippen molar-refractivity contribution in [3.63, 3.8) is 0 Å². The molecule has 0 radical (unpaired) electrons. The van der Waals surface area contributed by atoms with Crippen molar-refractivity contribution in [2.75, 3.05) is 6.54 Å². The number of amides is 2. The molecule has 0 saturated carbocycles. The molecule has 3 aromatic carbocycles. The van der Waals surface area contributed by atoms with Crippen LogP contribution in [0.2, 0.25) is 0 Å². The Bertz CT molecular complexity index is 991. The van der Waals surface area contributed by atoms with Crippen molar-refractivity contribution in [3.8, 4) is 0 Å². The first-order valence-corrected chi connectivity index (χ1v) is 11.0. The van der Waals surface area contributed by atoms with E-state index in [2.05, 4.69) is 5.32 Å². The molecule has 5 heteroatoms. The first-order chi connectivity index (χ1) is 15.6. The highest BCUT2D eigenvalue weighted by Gasteiger charge is 2.31. The third kappa shape index (κ3) is 6.51. The fourth-order valence-electron chi connectivity index (χ4n) is 3.60. The second-order valence-corrected chi connectivity index (χ2v) is 7.74. The Balaban J connectivity index is 1.91. The average Bonchev–Trinajstić information content (AvgIpc) is 2.83. The number of nitrogens with one attached hydrogen (secondary N) is 1. The van der Waals surface area contributed by atoms with Gasteiger partial charge in [-0.15, -0.1) is 0 Å². The van der Waals surface area contributed by atoms with Gasteiger partial charge in [0.05, 0.1) is 0 Å². The van der Waals surface area contributed by atoms with Gasteiger partial charge in [-0.05, 0) is 41.7 Å². The Morgan fingerprint density at radius 1 is 0.875 bits per heavy atom. The summed E-state index contributed by atoms with van der Waals surface area (Å²) in [6, 6.07) is 24.4. The highest BCUT2D eigenvalue weighted by Crippen LogP contribution is 2.25. The van der Waals surface area contributed by atoms with Crippen molar-refractivity contribution in [1.29, 1.82) is 0 Å². The fourth-order valence-corrected chi connectivity index (χ4v) is 3.60. The summed E-state index contributed by atoms with van der Waals surface area (Å²) in [4.78, 5) is 28.3. The molecular formula is C27H29FN2O2. The van der Waals surface area contributed by atoms with Gasteiger partial charge in [0, 0.05) is 19.5 Å². The number of aryl methyl sites for hydroxylation is 1. The summed E-state index contributed by atoms with van der Waals surface area (Å²) in [7, 11) is 0. The van der Waals surface area contributed by atoms with Gasteiger partial charge in [0.1, 0.15) is 11.9 Å². The molecule has 0 spiro atoms. The molecule has 3 aromatic rings. The second-order valence-electron chi connectivity index (χ2n) is 7.74. The topological polar surface area (TPSA) is 49.4 Å². The summed E-state index contributed by atoms with van der Waals surface area (Å²) >= 11 is 0. The zero-order chi connectivity index (χ0) is 22.8. The minimum atomic E-state index is -0.768. The summed E-state index contributed by atoms with van der Waals surface area (Å²) in [6.07, 6.45) is 1.65. The van der Waals surface area contributed by atoms with Crippen LogP contribution in [0, 0.1) is 5.82 Å². The third-order valence-electron chi connectivity index (χ3n) is 5.28. The van der Waals surface area contributed by atoms with Crippen molar-refractivity contribution < 1.29 is 14.0 Å². The van der Waals surface area contributed by atoms with Crippen molar-refractivity contribution in [1.82, 2.24) is 10.2 Å². The fraction of sp³-hybridized carbons (Fsp3) is 0.259. The Kier molecular flexibility index (Phi) is 8.55. The number of carbonyl (C=O) groups excluding carboxylic acids is 2. The molecular weight excluding hydrogens is 403 g/mol. The summed E-state index contributed by atoms with van der Waals surface area (Å²) in [5, 5.41) is 2.94. The van der Waals surface area contributed by atoms with Gasteiger partial charge in [-0.2, -0.15) is 0 Å². The predicted molar refractivity (Wildman–Crippen MR) is 124 cm³/mol. The Labute approximate surface area is 189 Å². The summed E-state index contributed by atoms with van der Waals surface area (Å²) in [5.74, 6) is -0.678. The van der Waals surface area contributed by atoms with E-state index in [4.69, 9.17) is 0 Å². The molecule has 0 unspecified atom stereocenters. The standard InChI is InChI=1S/C27H29FN2O2/c1-2-19-29-27(32)26(23-11-7-4-8-12-23)30(20-22-13-16-24(28)17-14-22)25(31)18-15-21-9-5-3-6-10-21/h3-14,16-17,26H,2,15,18-20H2,1H3,(H,29,32)/t26-/m1/s1. The van der Waals surface area contributed by atoms with Gasteiger partial charge in [0.25, 0.3) is 0 Å². The molecule has 0 aliphatic carbocycles. The van der Waals surface area contributed by atoms with Gasteiger partial charge >= 0.3 is 0 Å². The van der Waals surface area contributed by atoms with Crippen LogP contribution in [0.3, 0.4) is 0 Å². The Morgan fingerprint density at radius 2 is 1.50 bits per heavy atom. The van der Waals surface area contributed by atoms with Crippen LogP contribution in [0.25, 0.3) is 0 Å². The van der Waals surface area contributed by atoms with Crippen LogP contribution < -0.4 is 5.32 Å². The van der Waals surface area contributed by atoms with E-state index in [1.165, 1.54) is 12.1 Å². The lowest BCUT2D eigenvalue weighted by Gasteiger charge is -2.32. The lowest BCUT2D eigenvalue weighted by molar-refractivity contribution is -0.141. The minimum absolute atomic E-state index is 0.126. The molecule has 0 saturated heterocycles. The number of rotatable bonds is 10. The number of benzene rings is 3. The molecule has 166 valence electrons. The monoisotopic (exact) mass is 432 g/mol. The predicted octanol–water partition coefficient (Wildman–Crippen LogP) is 5.05. The van der Waals surface area contributed by atoms with Crippen LogP contribution in [0.15, 0.2) is 84.9 Å². The molecule has 0 heterocycles. The quantitative estimate of drug-likeness (QED) is 0.487. The maximum absolute atomic E-state index is 13.5. The van der Waals surface area contributed by atoms with E-state index < -0.39 is 6.04 Å². The summed E-state index contributed by atoms with van der Waals surface area (Å²) in [6.45, 7) is 2.73. The van der Waals surface area contributed by atoms with E-state index in [0.717, 1.165) is 23.1 Å². The van der Waals surface area contributed by atoms with Crippen molar-refractivity contribution in [2.24, 2.45) is 0 Å². The smallest absolute Gasteiger partial charge is 0.247 e. The average molecular weight is 433 g/mol. The Morgan fingerprint density at radius 3 is 2.12 bits per heavy atom. The van der Waals surface area contributed by atoms with Gasteiger partial charge in [-0.1, -0.05) is 79.7 Å². The van der Waals surface area contributed by atoms with Gasteiger partial charge in [0.2, 0.25) is 11.8 Å². The zero-order valence-electron chi connectivity index (χ0n) is 18.3. The molecule has 4 nitrogen and oxygen atoms in total. The normalized spacial score (nSPS) is 11.6. The zero-order valence-corrected chi connectivity index (χ0v) is 18.3. The van der Waals surface area contributed by atoms with Crippen LogP contribution in [-0.4, -0.2) is 23.3 Å². The molecule has 3 rings (SSSR count). The van der Waals surface area contributed by atoms with E-state index in [1.807, 2.05) is 67.6 Å². The van der Waals surface area contributed by atoms with E-state index in [1.54, 1.807) is 17.0 Å². The van der Waals surface area contributed by atoms with Gasteiger partial charge in [-0.25, -0.2) is 4.39 Å². The molecule has 32 heavy (non-hydrogen) atoms. The minimum Gasteiger partial charge on any atom is -0.354 e. The highest BCUT2D eigenvalue weighted by molar-refractivity contribution is 5.88. The molecule has 0 aliphatic heterocycles. The van der Waals surface area contributed by atoms with Gasteiger partial charge in [0.15, 0.2) is 0 Å². The molecule has 1 N–H and O–H groups in total. The van der Waals surface area contributed by atoms with Crippen LogP contribution in [0.4, 0.5) is 4.39 Å². The van der Waals surface area contributed by atoms with E-state index in [0.29, 0.717) is 13.0 Å². The summed E-state index contributed by atoms with van der Waals surface area (Å²) in [5.41, 5.74) is 2.58. The number of carbonyl (C=O) groups is 2. The molecule has 0 aromatic heterocycles. The number of halogens is 1. The maximum atomic E-state index is 13.5. The van der Waals surface area contributed by atoms with Crippen LogP contribution in [0.5, 0.6) is 0 Å². The van der Waals surface area contributed by atoms with Gasteiger partial charge < -0.3 is 10.2 Å². The molecule has 0 fully saturated rings. The van der Waals surface area contributed by atoms with Crippen molar-refractivity contribution in [2.45, 2.75) is 38.8 Å². The first-order valence-electron chi connectivity index (χ1n) is 11.0. The largest absolute Gasteiger partial charge is 0.354 e. The highest BCUT2D eigenvalue weighted by atomic mass is 19.1. The Hall–Kier alpha value is -3.47. The molecule has 2 amide bonds. The van der Waals surface area contributed by atoms with Crippen molar-refractivity contribution in [3.05, 3.63) is 107 Å². The van der Waals surface area contributed by atoms with Crippen LogP contribution in [0.1, 0.15) is 42.5 Å².